The molecule has 1 aliphatic rings. The van der Waals surface area contributed by atoms with E-state index >= 15 is 0 Å². The summed E-state index contributed by atoms with van der Waals surface area (Å²) in [5.74, 6) is -1.89. The Bertz CT molecular complexity index is 598. The van der Waals surface area contributed by atoms with E-state index in [9.17, 15) is 14.8 Å². The van der Waals surface area contributed by atoms with E-state index < -0.39 is 24.1 Å². The van der Waals surface area contributed by atoms with E-state index in [1.807, 2.05) is 0 Å². The largest absolute Gasteiger partial charge is 0.569 e. The summed E-state index contributed by atoms with van der Waals surface area (Å²) < 4.78 is 5.01. The molecule has 9 heteroatoms. The Morgan fingerprint density at radius 2 is 1.96 bits per heavy atom. The second-order valence-corrected chi connectivity index (χ2v) is 5.34. The van der Waals surface area contributed by atoms with Crippen LogP contribution in [0.3, 0.4) is 0 Å². The second-order valence-electron chi connectivity index (χ2n) is 5.34. The molecule has 0 radical (unpaired) electrons. The fourth-order valence-corrected chi connectivity index (χ4v) is 2.26. The van der Waals surface area contributed by atoms with Gasteiger partial charge in [-0.25, -0.2) is 4.79 Å². The molecule has 0 amide bonds. The predicted octanol–water partition coefficient (Wildman–Crippen LogP) is 1.80. The molecule has 1 atom stereocenters. The van der Waals surface area contributed by atoms with Crippen molar-refractivity contribution in [3.63, 3.8) is 0 Å². The highest BCUT2D eigenvalue weighted by Gasteiger charge is 2.28. The van der Waals surface area contributed by atoms with Crippen LogP contribution in [0.1, 0.15) is 30.1 Å². The summed E-state index contributed by atoms with van der Waals surface area (Å²) in [6, 6.07) is 8.37. The van der Waals surface area contributed by atoms with Crippen LogP contribution in [-0.4, -0.2) is 46.4 Å². The van der Waals surface area contributed by atoms with Gasteiger partial charge in [0.1, 0.15) is 0 Å². The molecule has 1 fully saturated rings. The zero-order valence-corrected chi connectivity index (χ0v) is 13.2. The highest BCUT2D eigenvalue weighted by atomic mass is 16.8. The average molecular weight is 337 g/mol. The topological polar surface area (TPSA) is 114 Å². The normalized spacial score (nSPS) is 17.2. The monoisotopic (exact) mass is 337 g/mol. The Kier molecular flexibility index (Phi) is 5.94. The molecule has 1 unspecified atom stereocenters. The lowest BCUT2D eigenvalue weighted by atomic mass is 9.98. The molecular formula is C15H19N3O6. The van der Waals surface area contributed by atoms with Gasteiger partial charge in [0.25, 0.3) is 6.29 Å². The SMILES string of the molecule is CC(O/N=[N+](/[O-])N1CCC(C(=O)O)CC1)OC(=O)c1ccccc1. The van der Waals surface area contributed by atoms with E-state index in [0.29, 0.717) is 18.4 Å². The maximum atomic E-state index is 11.8. The third-order valence-electron chi connectivity index (χ3n) is 3.61. The van der Waals surface area contributed by atoms with Gasteiger partial charge in [-0.3, -0.25) is 9.63 Å². The lowest BCUT2D eigenvalue weighted by Crippen LogP contribution is -2.40. The van der Waals surface area contributed by atoms with Crippen molar-refractivity contribution >= 4 is 11.9 Å². The molecular weight excluding hydrogens is 318 g/mol. The molecule has 1 aliphatic heterocycles. The highest BCUT2D eigenvalue weighted by molar-refractivity contribution is 5.89. The van der Waals surface area contributed by atoms with Gasteiger partial charge in [-0.2, -0.15) is 0 Å². The van der Waals surface area contributed by atoms with Gasteiger partial charge in [0, 0.05) is 6.92 Å². The van der Waals surface area contributed by atoms with Gasteiger partial charge in [0.05, 0.1) is 29.5 Å². The van der Waals surface area contributed by atoms with Gasteiger partial charge >= 0.3 is 11.9 Å². The molecule has 2 rings (SSSR count). The number of hydrogen-bond donors (Lipinski definition) is 1. The first-order valence-electron chi connectivity index (χ1n) is 7.55. The summed E-state index contributed by atoms with van der Waals surface area (Å²) in [5.41, 5.74) is 0.364. The number of hydrogen-bond acceptors (Lipinski definition) is 6. The van der Waals surface area contributed by atoms with Crippen molar-refractivity contribution in [1.29, 1.82) is 0 Å². The number of carbonyl (C=O) groups is 2. The van der Waals surface area contributed by atoms with E-state index in [4.69, 9.17) is 14.7 Å². The van der Waals surface area contributed by atoms with Crippen molar-refractivity contribution in [1.82, 2.24) is 5.01 Å². The first kappa shape index (κ1) is 17.5. The predicted molar refractivity (Wildman–Crippen MR) is 80.4 cm³/mol. The third-order valence-corrected chi connectivity index (χ3v) is 3.61. The van der Waals surface area contributed by atoms with Gasteiger partial charge in [-0.05, 0) is 25.0 Å². The number of hydrazine groups is 1. The summed E-state index contributed by atoms with van der Waals surface area (Å²) in [4.78, 5) is 27.8. The molecule has 130 valence electrons. The molecule has 0 saturated carbocycles. The number of esters is 1. The van der Waals surface area contributed by atoms with Crippen LogP contribution in [-0.2, 0) is 14.4 Å². The van der Waals surface area contributed by atoms with Crippen LogP contribution in [0.2, 0.25) is 0 Å². The quantitative estimate of drug-likeness (QED) is 0.277. The zero-order chi connectivity index (χ0) is 17.5. The minimum absolute atomic E-state index is 0.255. The summed E-state index contributed by atoms with van der Waals surface area (Å²) in [6.45, 7) is 1.98. The Morgan fingerprint density at radius 3 is 2.54 bits per heavy atom. The van der Waals surface area contributed by atoms with Crippen LogP contribution < -0.4 is 0 Å². The van der Waals surface area contributed by atoms with Crippen molar-refractivity contribution in [3.8, 4) is 0 Å². The minimum atomic E-state index is -1.04. The number of carboxylic acid groups (broad SMARTS) is 1. The van der Waals surface area contributed by atoms with Crippen molar-refractivity contribution in [3.05, 3.63) is 41.1 Å². The lowest BCUT2D eigenvalue weighted by Gasteiger charge is -2.25. The molecule has 9 nitrogen and oxygen atoms in total. The fourth-order valence-electron chi connectivity index (χ4n) is 2.26. The number of nitrogens with zero attached hydrogens (tertiary/aromatic N) is 3. The van der Waals surface area contributed by atoms with Crippen molar-refractivity contribution in [2.24, 2.45) is 11.2 Å². The third kappa shape index (κ3) is 4.83. The Hall–Kier alpha value is -2.84. The van der Waals surface area contributed by atoms with Crippen molar-refractivity contribution in [2.75, 3.05) is 13.1 Å². The van der Waals surface area contributed by atoms with E-state index in [1.165, 1.54) is 11.9 Å². The molecule has 1 aromatic rings. The number of aliphatic carboxylic acids is 1. The van der Waals surface area contributed by atoms with E-state index in [1.54, 1.807) is 30.3 Å². The van der Waals surface area contributed by atoms with E-state index in [-0.39, 0.29) is 18.1 Å². The maximum Gasteiger partial charge on any atom is 0.341 e. The summed E-state index contributed by atoms with van der Waals surface area (Å²) >= 11 is 0. The smallest absolute Gasteiger partial charge is 0.341 e. The van der Waals surface area contributed by atoms with Crippen molar-refractivity contribution < 1.29 is 29.2 Å². The van der Waals surface area contributed by atoms with Crippen LogP contribution >= 0.6 is 0 Å². The molecule has 0 bridgehead atoms. The number of benzene rings is 1. The van der Waals surface area contributed by atoms with Crippen LogP contribution in [0.15, 0.2) is 35.6 Å². The second kappa shape index (κ2) is 8.14. The van der Waals surface area contributed by atoms with Crippen LogP contribution in [0, 0.1) is 11.1 Å². The lowest BCUT2D eigenvalue weighted by molar-refractivity contribution is -0.715. The van der Waals surface area contributed by atoms with Crippen LogP contribution in [0.4, 0.5) is 0 Å². The fraction of sp³-hybridized carbons (Fsp3) is 0.467. The number of carboxylic acids is 1. The number of carbonyl (C=O) groups excluding carboxylic acids is 1. The van der Waals surface area contributed by atoms with Crippen molar-refractivity contribution in [2.45, 2.75) is 26.1 Å². The molecule has 1 saturated heterocycles. The molecule has 24 heavy (non-hydrogen) atoms. The minimum Gasteiger partial charge on any atom is -0.569 e. The first-order valence-corrected chi connectivity index (χ1v) is 7.55. The Labute approximate surface area is 138 Å². The number of rotatable bonds is 6. The van der Waals surface area contributed by atoms with Gasteiger partial charge < -0.3 is 15.1 Å². The summed E-state index contributed by atoms with van der Waals surface area (Å²) in [6.07, 6.45) is -0.310. The van der Waals surface area contributed by atoms with Gasteiger partial charge in [0.15, 0.2) is 0 Å². The molecule has 0 aliphatic carbocycles. The molecule has 1 heterocycles. The van der Waals surface area contributed by atoms with Gasteiger partial charge in [-0.1, -0.05) is 18.2 Å². The molecule has 0 spiro atoms. The number of ether oxygens (including phenoxy) is 1. The molecule has 1 aromatic carbocycles. The summed E-state index contributed by atoms with van der Waals surface area (Å²) in [7, 11) is 0. The van der Waals surface area contributed by atoms with E-state index in [2.05, 4.69) is 5.28 Å². The van der Waals surface area contributed by atoms with Gasteiger partial charge in [0.2, 0.25) is 5.28 Å². The van der Waals surface area contributed by atoms with Gasteiger partial charge in [-0.15, -0.1) is 5.01 Å². The van der Waals surface area contributed by atoms with Crippen LogP contribution in [0.5, 0.6) is 0 Å². The molecule has 1 N–H and O–H groups in total. The number of piperidine rings is 1. The molecule has 0 aromatic heterocycles. The summed E-state index contributed by atoms with van der Waals surface area (Å²) in [5, 5.41) is 25.4. The zero-order valence-electron chi connectivity index (χ0n) is 13.2. The maximum absolute atomic E-state index is 11.8. The Morgan fingerprint density at radius 1 is 1.33 bits per heavy atom. The van der Waals surface area contributed by atoms with Crippen LogP contribution in [0.25, 0.3) is 0 Å². The average Bonchev–Trinajstić information content (AvgIpc) is 2.60. The highest BCUT2D eigenvalue weighted by Crippen LogP contribution is 2.17. The Balaban J connectivity index is 1.80. The first-order chi connectivity index (χ1) is 11.5. The standard InChI is InChI=1S/C15H19N3O6/c1-11(23-15(21)13-5-3-2-4-6-13)24-16-18(22)17-9-7-12(8-10-17)14(19)20/h2-6,11-12H,7-10H2,1H3,(H,19,20)/b18-16+. The van der Waals surface area contributed by atoms with E-state index in [0.717, 1.165) is 0 Å².